The van der Waals surface area contributed by atoms with Gasteiger partial charge in [-0.05, 0) is 38.4 Å². The number of benzene rings is 1. The van der Waals surface area contributed by atoms with Gasteiger partial charge in [0.15, 0.2) is 0 Å². The second kappa shape index (κ2) is 8.50. The van der Waals surface area contributed by atoms with Crippen LogP contribution in [-0.4, -0.2) is 47.0 Å². The van der Waals surface area contributed by atoms with Crippen molar-refractivity contribution >= 4 is 17.5 Å². The van der Waals surface area contributed by atoms with Crippen molar-refractivity contribution in [2.75, 3.05) is 37.8 Å². The quantitative estimate of drug-likeness (QED) is 0.663. The third kappa shape index (κ3) is 5.18. The highest BCUT2D eigenvalue weighted by Crippen LogP contribution is 2.24. The Morgan fingerprint density at radius 2 is 1.93 bits per heavy atom. The number of halogens is 2. The molecule has 0 unspecified atom stereocenters. The number of rotatable bonds is 7. The third-order valence-electron chi connectivity index (χ3n) is 3.72. The first-order valence-corrected chi connectivity index (χ1v) is 8.41. The molecule has 0 amide bonds. The average Bonchev–Trinajstić information content (AvgIpc) is 2.65. The zero-order valence-electron chi connectivity index (χ0n) is 15.1. The van der Waals surface area contributed by atoms with E-state index >= 15 is 0 Å². The van der Waals surface area contributed by atoms with E-state index in [0.29, 0.717) is 24.0 Å². The summed E-state index contributed by atoms with van der Waals surface area (Å²) in [5, 5.41) is 5.97. The standard InChI is InChI=1S/C19H20F2N6/c1-27(2)9-8-23-19-25-16(13-4-3-7-22-12-13)11-18(26-19)24-17-10-14(20)5-6-15(17)21/h3-7,10-12H,8-9H2,1-2H3,(H2,23,24,25,26). The molecule has 0 bridgehead atoms. The summed E-state index contributed by atoms with van der Waals surface area (Å²) in [5.41, 5.74) is 1.41. The molecule has 27 heavy (non-hydrogen) atoms. The largest absolute Gasteiger partial charge is 0.353 e. The minimum Gasteiger partial charge on any atom is -0.353 e. The van der Waals surface area contributed by atoms with E-state index in [2.05, 4.69) is 25.6 Å². The van der Waals surface area contributed by atoms with Crippen LogP contribution in [0.3, 0.4) is 0 Å². The molecule has 0 spiro atoms. The van der Waals surface area contributed by atoms with Crippen LogP contribution in [0.1, 0.15) is 0 Å². The lowest BCUT2D eigenvalue weighted by atomic mass is 10.2. The van der Waals surface area contributed by atoms with Crippen LogP contribution in [0.5, 0.6) is 0 Å². The first-order valence-electron chi connectivity index (χ1n) is 8.41. The normalized spacial score (nSPS) is 10.9. The predicted octanol–water partition coefficient (Wildman–Crippen LogP) is 3.53. The molecule has 8 heteroatoms. The number of nitrogens with one attached hydrogen (secondary N) is 2. The maximum Gasteiger partial charge on any atom is 0.225 e. The number of hydrogen-bond acceptors (Lipinski definition) is 6. The second-order valence-corrected chi connectivity index (χ2v) is 6.18. The van der Waals surface area contributed by atoms with Gasteiger partial charge in [0, 0.05) is 43.2 Å². The Bertz CT molecular complexity index is 902. The molecule has 0 fully saturated rings. The molecule has 0 saturated heterocycles. The van der Waals surface area contributed by atoms with Gasteiger partial charge in [0.25, 0.3) is 0 Å². The van der Waals surface area contributed by atoms with E-state index in [1.165, 1.54) is 0 Å². The Balaban J connectivity index is 1.92. The predicted molar refractivity (Wildman–Crippen MR) is 102 cm³/mol. The monoisotopic (exact) mass is 370 g/mol. The van der Waals surface area contributed by atoms with Gasteiger partial charge < -0.3 is 15.5 Å². The zero-order chi connectivity index (χ0) is 19.2. The van der Waals surface area contributed by atoms with Gasteiger partial charge >= 0.3 is 0 Å². The Morgan fingerprint density at radius 1 is 1.07 bits per heavy atom. The van der Waals surface area contributed by atoms with Gasteiger partial charge in [-0.1, -0.05) is 0 Å². The smallest absolute Gasteiger partial charge is 0.225 e. The van der Waals surface area contributed by atoms with Crippen molar-refractivity contribution in [3.63, 3.8) is 0 Å². The lowest BCUT2D eigenvalue weighted by Crippen LogP contribution is -2.21. The molecule has 2 aromatic heterocycles. The highest BCUT2D eigenvalue weighted by atomic mass is 19.1. The van der Waals surface area contributed by atoms with Crippen molar-refractivity contribution < 1.29 is 8.78 Å². The van der Waals surface area contributed by atoms with Crippen molar-refractivity contribution in [2.45, 2.75) is 0 Å². The van der Waals surface area contributed by atoms with Crippen molar-refractivity contribution in [2.24, 2.45) is 0 Å². The molecular formula is C19H20F2N6. The lowest BCUT2D eigenvalue weighted by molar-refractivity contribution is 0.425. The van der Waals surface area contributed by atoms with Crippen LogP contribution in [0, 0.1) is 11.6 Å². The van der Waals surface area contributed by atoms with E-state index in [4.69, 9.17) is 0 Å². The Kier molecular flexibility index (Phi) is 5.87. The molecule has 0 aliphatic heterocycles. The van der Waals surface area contributed by atoms with E-state index in [9.17, 15) is 8.78 Å². The molecule has 6 nitrogen and oxygen atoms in total. The van der Waals surface area contributed by atoms with Crippen molar-refractivity contribution in [1.29, 1.82) is 0 Å². The first kappa shape index (κ1) is 18.7. The van der Waals surface area contributed by atoms with Gasteiger partial charge in [-0.3, -0.25) is 4.98 Å². The van der Waals surface area contributed by atoms with Gasteiger partial charge in [0.05, 0.1) is 11.4 Å². The minimum atomic E-state index is -0.569. The highest BCUT2D eigenvalue weighted by molar-refractivity contribution is 5.67. The molecule has 0 aliphatic carbocycles. The fraction of sp³-hybridized carbons (Fsp3) is 0.211. The summed E-state index contributed by atoms with van der Waals surface area (Å²) < 4.78 is 27.4. The van der Waals surface area contributed by atoms with Crippen LogP contribution >= 0.6 is 0 Å². The highest BCUT2D eigenvalue weighted by Gasteiger charge is 2.10. The second-order valence-electron chi connectivity index (χ2n) is 6.18. The van der Waals surface area contributed by atoms with Gasteiger partial charge in [-0.2, -0.15) is 4.98 Å². The molecule has 3 rings (SSSR count). The maximum atomic E-state index is 14.0. The number of anilines is 3. The lowest BCUT2D eigenvalue weighted by Gasteiger charge is -2.13. The van der Waals surface area contributed by atoms with Crippen LogP contribution in [0.2, 0.25) is 0 Å². The molecule has 2 N–H and O–H groups in total. The molecule has 0 radical (unpaired) electrons. The molecule has 1 aromatic carbocycles. The summed E-state index contributed by atoms with van der Waals surface area (Å²) in [6.07, 6.45) is 3.35. The summed E-state index contributed by atoms with van der Waals surface area (Å²) in [6, 6.07) is 8.55. The summed E-state index contributed by atoms with van der Waals surface area (Å²) in [5.74, 6) is -0.372. The van der Waals surface area contributed by atoms with Crippen molar-refractivity contribution in [1.82, 2.24) is 19.9 Å². The summed E-state index contributed by atoms with van der Waals surface area (Å²) in [6.45, 7) is 1.43. The number of hydrogen-bond donors (Lipinski definition) is 2. The van der Waals surface area contributed by atoms with E-state index in [1.54, 1.807) is 24.5 Å². The SMILES string of the molecule is CN(C)CCNc1nc(Nc2cc(F)ccc2F)cc(-c2cccnc2)n1. The van der Waals surface area contributed by atoms with Crippen molar-refractivity contribution in [3.8, 4) is 11.3 Å². The Hall–Kier alpha value is -3.13. The topological polar surface area (TPSA) is 66.0 Å². The third-order valence-corrected chi connectivity index (χ3v) is 3.72. The van der Waals surface area contributed by atoms with Crippen LogP contribution < -0.4 is 10.6 Å². The summed E-state index contributed by atoms with van der Waals surface area (Å²) in [7, 11) is 3.93. The Labute approximate surface area is 156 Å². The summed E-state index contributed by atoms with van der Waals surface area (Å²) >= 11 is 0. The number of nitrogens with zero attached hydrogens (tertiary/aromatic N) is 4. The van der Waals surface area contributed by atoms with Crippen molar-refractivity contribution in [3.05, 3.63) is 60.4 Å². The number of aromatic nitrogens is 3. The van der Waals surface area contributed by atoms with E-state index in [-0.39, 0.29) is 5.69 Å². The van der Waals surface area contributed by atoms with Crippen LogP contribution in [-0.2, 0) is 0 Å². The first-order chi connectivity index (χ1) is 13.0. The van der Waals surface area contributed by atoms with Gasteiger partial charge in [0.1, 0.15) is 17.5 Å². The summed E-state index contributed by atoms with van der Waals surface area (Å²) in [4.78, 5) is 15.0. The Morgan fingerprint density at radius 3 is 2.67 bits per heavy atom. The molecule has 3 aromatic rings. The van der Waals surface area contributed by atoms with E-state index in [1.807, 2.05) is 25.1 Å². The van der Waals surface area contributed by atoms with E-state index in [0.717, 1.165) is 30.3 Å². The molecule has 2 heterocycles. The zero-order valence-corrected chi connectivity index (χ0v) is 15.1. The number of pyridine rings is 1. The number of likely N-dealkylation sites (N-methyl/N-ethyl adjacent to an activating group) is 1. The average molecular weight is 370 g/mol. The van der Waals surface area contributed by atoms with Gasteiger partial charge in [-0.15, -0.1) is 0 Å². The molecule has 140 valence electrons. The molecular weight excluding hydrogens is 350 g/mol. The van der Waals surface area contributed by atoms with Crippen LogP contribution in [0.15, 0.2) is 48.8 Å². The fourth-order valence-electron chi connectivity index (χ4n) is 2.38. The molecule has 0 atom stereocenters. The van der Waals surface area contributed by atoms with Gasteiger partial charge in [0.2, 0.25) is 5.95 Å². The molecule has 0 saturated carbocycles. The van der Waals surface area contributed by atoms with E-state index < -0.39 is 11.6 Å². The minimum absolute atomic E-state index is 0.00470. The van der Waals surface area contributed by atoms with Gasteiger partial charge in [-0.25, -0.2) is 13.8 Å². The van der Waals surface area contributed by atoms with Crippen LogP contribution in [0.25, 0.3) is 11.3 Å². The molecule has 0 aliphatic rings. The van der Waals surface area contributed by atoms with Crippen LogP contribution in [0.4, 0.5) is 26.2 Å². The maximum absolute atomic E-state index is 14.0. The fourth-order valence-corrected chi connectivity index (χ4v) is 2.38.